The molecule has 2 heterocycles. The molecular weight excluding hydrogens is 212 g/mol. The molecule has 0 aliphatic carbocycles. The maximum Gasteiger partial charge on any atom is 0.133 e. The zero-order valence-corrected chi connectivity index (χ0v) is 10.1. The molecular formula is C10H14N2S2. The third-order valence-corrected chi connectivity index (χ3v) is 4.24. The van der Waals surface area contributed by atoms with Gasteiger partial charge in [-0.05, 0) is 13.3 Å². The molecule has 0 bridgehead atoms. The number of nitrogens with one attached hydrogen (secondary N) is 1. The molecule has 14 heavy (non-hydrogen) atoms. The highest BCUT2D eigenvalue weighted by atomic mass is 32.2. The normalized spacial score (nSPS) is 16.7. The van der Waals surface area contributed by atoms with Gasteiger partial charge in [-0.15, -0.1) is 0 Å². The second-order valence-electron chi connectivity index (χ2n) is 3.62. The summed E-state index contributed by atoms with van der Waals surface area (Å²) in [4.78, 5) is 7.85. The van der Waals surface area contributed by atoms with Crippen LogP contribution in [0.2, 0.25) is 0 Å². The van der Waals surface area contributed by atoms with E-state index >= 15 is 0 Å². The average Bonchev–Trinajstić information content (AvgIpc) is 2.00. The fourth-order valence-electron chi connectivity index (χ4n) is 1.64. The summed E-state index contributed by atoms with van der Waals surface area (Å²) in [5.41, 5.74) is 2.38. The molecule has 2 nitrogen and oxygen atoms in total. The van der Waals surface area contributed by atoms with Gasteiger partial charge in [0.15, 0.2) is 0 Å². The highest BCUT2D eigenvalue weighted by Crippen LogP contribution is 2.32. The van der Waals surface area contributed by atoms with Gasteiger partial charge in [0.05, 0.1) is 0 Å². The van der Waals surface area contributed by atoms with Crippen LogP contribution in [0, 0.1) is 11.6 Å². The van der Waals surface area contributed by atoms with Crippen molar-refractivity contribution in [3.63, 3.8) is 0 Å². The van der Waals surface area contributed by atoms with Crippen molar-refractivity contribution < 1.29 is 0 Å². The number of aromatic nitrogens is 2. The van der Waals surface area contributed by atoms with E-state index in [1.54, 1.807) is 0 Å². The summed E-state index contributed by atoms with van der Waals surface area (Å²) in [6, 6.07) is 0. The number of hydrogen-bond donors (Lipinski definition) is 1. The average molecular weight is 226 g/mol. The van der Waals surface area contributed by atoms with Crippen molar-refractivity contribution in [3.05, 3.63) is 21.7 Å². The van der Waals surface area contributed by atoms with Crippen LogP contribution < -0.4 is 0 Å². The van der Waals surface area contributed by atoms with E-state index in [4.69, 9.17) is 12.2 Å². The first-order chi connectivity index (χ1) is 6.72. The molecule has 2 rings (SSSR count). The molecule has 76 valence electrons. The number of rotatable bonds is 2. The molecule has 4 heteroatoms. The Morgan fingerprint density at radius 2 is 2.29 bits per heavy atom. The van der Waals surface area contributed by atoms with E-state index in [-0.39, 0.29) is 0 Å². The third-order valence-electron chi connectivity index (χ3n) is 2.63. The summed E-state index contributed by atoms with van der Waals surface area (Å²) in [7, 11) is 0. The van der Waals surface area contributed by atoms with Crippen LogP contribution in [-0.4, -0.2) is 21.5 Å². The summed E-state index contributed by atoms with van der Waals surface area (Å²) >= 11 is 7.25. The lowest BCUT2D eigenvalue weighted by Crippen LogP contribution is -2.19. The van der Waals surface area contributed by atoms with E-state index in [2.05, 4.69) is 23.8 Å². The van der Waals surface area contributed by atoms with Crippen LogP contribution in [0.1, 0.15) is 29.9 Å². The first kappa shape index (κ1) is 10.2. The first-order valence-corrected chi connectivity index (χ1v) is 6.46. The predicted octanol–water partition coefficient (Wildman–Crippen LogP) is 2.84. The minimum Gasteiger partial charge on any atom is -0.347 e. The summed E-state index contributed by atoms with van der Waals surface area (Å²) in [6.45, 7) is 4.21. The van der Waals surface area contributed by atoms with E-state index in [1.807, 2.05) is 11.8 Å². The molecule has 0 spiro atoms. The molecule has 1 fully saturated rings. The van der Waals surface area contributed by atoms with Gasteiger partial charge in [-0.3, -0.25) is 0 Å². The lowest BCUT2D eigenvalue weighted by molar-refractivity contribution is 0.745. The second kappa shape index (κ2) is 4.03. The molecule has 1 aromatic rings. The number of aryl methyl sites for hydroxylation is 1. The molecule has 0 saturated carbocycles. The highest BCUT2D eigenvalue weighted by molar-refractivity contribution is 8.00. The Bertz CT molecular complexity index is 394. The van der Waals surface area contributed by atoms with E-state index in [0.717, 1.165) is 16.9 Å². The fraction of sp³-hybridized carbons (Fsp3) is 0.600. The zero-order valence-electron chi connectivity index (χ0n) is 8.46. The van der Waals surface area contributed by atoms with Crippen molar-refractivity contribution in [2.45, 2.75) is 26.2 Å². The number of H-pyrrole nitrogens is 1. The summed E-state index contributed by atoms with van der Waals surface area (Å²) in [5, 5.41) is 0. The van der Waals surface area contributed by atoms with Crippen LogP contribution in [0.25, 0.3) is 0 Å². The number of hydrogen-bond acceptors (Lipinski definition) is 3. The van der Waals surface area contributed by atoms with Gasteiger partial charge in [-0.25, -0.2) is 4.98 Å². The molecule has 0 unspecified atom stereocenters. The fourth-order valence-corrected chi connectivity index (χ4v) is 2.82. The van der Waals surface area contributed by atoms with Crippen molar-refractivity contribution in [3.8, 4) is 0 Å². The molecule has 1 aromatic heterocycles. The topological polar surface area (TPSA) is 28.7 Å². The largest absolute Gasteiger partial charge is 0.347 e. The van der Waals surface area contributed by atoms with Crippen LogP contribution in [-0.2, 0) is 6.42 Å². The molecule has 0 atom stereocenters. The van der Waals surface area contributed by atoms with Gasteiger partial charge in [-0.2, -0.15) is 11.8 Å². The molecule has 1 aliphatic rings. The van der Waals surface area contributed by atoms with Crippen LogP contribution in [0.4, 0.5) is 0 Å². The SMILES string of the molecule is CCc1c(C)[nH]c(C2CSC2)nc1=S. The van der Waals surface area contributed by atoms with E-state index in [9.17, 15) is 0 Å². The standard InChI is InChI=1S/C10H14N2S2/c1-3-8-6(2)11-9(12-10(8)13)7-4-14-5-7/h7H,3-5H2,1-2H3,(H,11,12,13). The molecule has 0 amide bonds. The van der Waals surface area contributed by atoms with Crippen molar-refractivity contribution in [2.24, 2.45) is 0 Å². The van der Waals surface area contributed by atoms with Gasteiger partial charge in [0.25, 0.3) is 0 Å². The maximum atomic E-state index is 5.28. The number of nitrogens with zero attached hydrogens (tertiary/aromatic N) is 1. The van der Waals surface area contributed by atoms with Crippen molar-refractivity contribution in [1.82, 2.24) is 9.97 Å². The van der Waals surface area contributed by atoms with E-state index in [0.29, 0.717) is 5.92 Å². The Balaban J connectivity index is 2.40. The Morgan fingerprint density at radius 3 is 2.71 bits per heavy atom. The Labute approximate surface area is 93.5 Å². The van der Waals surface area contributed by atoms with E-state index in [1.165, 1.54) is 22.8 Å². The van der Waals surface area contributed by atoms with Gasteiger partial charge < -0.3 is 4.98 Å². The van der Waals surface area contributed by atoms with E-state index < -0.39 is 0 Å². The molecule has 0 aromatic carbocycles. The second-order valence-corrected chi connectivity index (χ2v) is 5.08. The van der Waals surface area contributed by atoms with Gasteiger partial charge in [-0.1, -0.05) is 19.1 Å². The van der Waals surface area contributed by atoms with Crippen molar-refractivity contribution in [2.75, 3.05) is 11.5 Å². The van der Waals surface area contributed by atoms with Crippen molar-refractivity contribution >= 4 is 24.0 Å². The summed E-state index contributed by atoms with van der Waals surface area (Å²) in [6.07, 6.45) is 0.966. The molecule has 1 N–H and O–H groups in total. The van der Waals surface area contributed by atoms with Gasteiger partial charge in [0, 0.05) is 28.7 Å². The minimum atomic E-state index is 0.603. The monoisotopic (exact) mass is 226 g/mol. The predicted molar refractivity (Wildman–Crippen MR) is 63.6 cm³/mol. The van der Waals surface area contributed by atoms with Crippen LogP contribution in [0.3, 0.4) is 0 Å². The number of aromatic amines is 1. The molecule has 0 radical (unpaired) electrons. The van der Waals surface area contributed by atoms with Crippen LogP contribution in [0.15, 0.2) is 0 Å². The van der Waals surface area contributed by atoms with Gasteiger partial charge in [0.1, 0.15) is 10.5 Å². The minimum absolute atomic E-state index is 0.603. The maximum absolute atomic E-state index is 5.28. The summed E-state index contributed by atoms with van der Waals surface area (Å²) in [5.74, 6) is 4.06. The highest BCUT2D eigenvalue weighted by Gasteiger charge is 2.22. The van der Waals surface area contributed by atoms with Crippen molar-refractivity contribution in [1.29, 1.82) is 0 Å². The molecule has 1 aliphatic heterocycles. The zero-order chi connectivity index (χ0) is 10.1. The van der Waals surface area contributed by atoms with Crippen LogP contribution in [0.5, 0.6) is 0 Å². The Morgan fingerprint density at radius 1 is 1.57 bits per heavy atom. The lowest BCUT2D eigenvalue weighted by atomic mass is 10.1. The Hall–Kier alpha value is -0.350. The van der Waals surface area contributed by atoms with Gasteiger partial charge in [0.2, 0.25) is 0 Å². The first-order valence-electron chi connectivity index (χ1n) is 4.89. The Kier molecular flexibility index (Phi) is 2.93. The quantitative estimate of drug-likeness (QED) is 0.786. The lowest BCUT2D eigenvalue weighted by Gasteiger charge is -2.24. The summed E-state index contributed by atoms with van der Waals surface area (Å²) < 4.78 is 0.788. The number of thioether (sulfide) groups is 1. The van der Waals surface area contributed by atoms with Gasteiger partial charge >= 0.3 is 0 Å². The van der Waals surface area contributed by atoms with Crippen LogP contribution >= 0.6 is 24.0 Å². The smallest absolute Gasteiger partial charge is 0.133 e. The third kappa shape index (κ3) is 1.73. The molecule has 1 saturated heterocycles.